The summed E-state index contributed by atoms with van der Waals surface area (Å²) < 4.78 is 21.8. The lowest BCUT2D eigenvalue weighted by atomic mass is 9.82. The molecule has 1 saturated heterocycles. The molecule has 1 aromatic rings. The summed E-state index contributed by atoms with van der Waals surface area (Å²) in [7, 11) is 2.55. The molecular weight excluding hydrogens is 388 g/mol. The molecule has 0 unspecified atom stereocenters. The maximum atomic E-state index is 12.8. The van der Waals surface area contributed by atoms with Gasteiger partial charge in [0, 0.05) is 24.5 Å². The fourth-order valence-electron chi connectivity index (χ4n) is 3.28. The predicted octanol–water partition coefficient (Wildman–Crippen LogP) is 3.01. The van der Waals surface area contributed by atoms with E-state index in [9.17, 15) is 14.4 Å². The van der Waals surface area contributed by atoms with Crippen LogP contribution in [0, 0.1) is 5.41 Å². The fraction of sp³-hybridized carbons (Fsp3) is 0.522. The van der Waals surface area contributed by atoms with E-state index in [2.05, 4.69) is 4.74 Å². The van der Waals surface area contributed by atoms with Gasteiger partial charge in [-0.05, 0) is 26.3 Å². The first-order valence-electron chi connectivity index (χ1n) is 9.90. The van der Waals surface area contributed by atoms with E-state index in [1.807, 2.05) is 37.3 Å². The van der Waals surface area contributed by atoms with Crippen LogP contribution in [0.2, 0.25) is 0 Å². The van der Waals surface area contributed by atoms with Crippen molar-refractivity contribution in [1.29, 1.82) is 0 Å². The topological polar surface area (TPSA) is 88.1 Å². The standard InChI is InChI=1S/C23H30O7/c1-15(29-14-16-9-7-6-8-10-16)19-13-18(24)17(12-21(25)27-4)11-20(30-19)23(2,3)22(26)28-5/h6-10,12,15,19-20H,11,13-14H2,1-5H3/b17-12+/t15-,19+,20+/m0/s1. The molecule has 0 aromatic heterocycles. The minimum Gasteiger partial charge on any atom is -0.469 e. The van der Waals surface area contributed by atoms with Crippen LogP contribution in [0.1, 0.15) is 39.2 Å². The second-order valence-electron chi connectivity index (χ2n) is 7.90. The van der Waals surface area contributed by atoms with Gasteiger partial charge in [0.05, 0.1) is 44.6 Å². The van der Waals surface area contributed by atoms with Gasteiger partial charge in [0.15, 0.2) is 5.78 Å². The molecule has 2 rings (SSSR count). The number of ether oxygens (including phenoxy) is 4. The minimum absolute atomic E-state index is 0.0343. The number of esters is 2. The molecule has 3 atom stereocenters. The highest BCUT2D eigenvalue weighted by Crippen LogP contribution is 2.35. The van der Waals surface area contributed by atoms with Crippen molar-refractivity contribution in [2.45, 2.75) is 58.5 Å². The fourth-order valence-corrected chi connectivity index (χ4v) is 3.28. The van der Waals surface area contributed by atoms with Crippen LogP contribution in [0.5, 0.6) is 0 Å². The number of rotatable bonds is 7. The monoisotopic (exact) mass is 418 g/mol. The first-order valence-corrected chi connectivity index (χ1v) is 9.90. The minimum atomic E-state index is -1.04. The highest BCUT2D eigenvalue weighted by molar-refractivity contribution is 6.01. The van der Waals surface area contributed by atoms with Crippen LogP contribution < -0.4 is 0 Å². The van der Waals surface area contributed by atoms with Crippen LogP contribution in [0.3, 0.4) is 0 Å². The Kier molecular flexibility index (Phi) is 8.32. The Balaban J connectivity index is 2.25. The van der Waals surface area contributed by atoms with Gasteiger partial charge in [0.2, 0.25) is 0 Å². The largest absolute Gasteiger partial charge is 0.469 e. The third kappa shape index (κ3) is 6.00. The quantitative estimate of drug-likeness (QED) is 0.497. The number of carbonyl (C=O) groups is 3. The van der Waals surface area contributed by atoms with Crippen LogP contribution in [-0.2, 0) is 39.9 Å². The average Bonchev–Trinajstić information content (AvgIpc) is 2.91. The number of benzene rings is 1. The predicted molar refractivity (Wildman–Crippen MR) is 109 cm³/mol. The molecular formula is C23H30O7. The van der Waals surface area contributed by atoms with Crippen molar-refractivity contribution in [2.24, 2.45) is 5.41 Å². The number of methoxy groups -OCH3 is 2. The van der Waals surface area contributed by atoms with E-state index < -0.39 is 35.7 Å². The molecule has 1 heterocycles. The summed E-state index contributed by atoms with van der Waals surface area (Å²) in [6.45, 7) is 5.59. The van der Waals surface area contributed by atoms with E-state index in [1.165, 1.54) is 20.3 Å². The molecule has 1 aliphatic rings. The molecule has 7 nitrogen and oxygen atoms in total. The number of hydrogen-bond acceptors (Lipinski definition) is 7. The van der Waals surface area contributed by atoms with Crippen molar-refractivity contribution in [3.05, 3.63) is 47.5 Å². The summed E-state index contributed by atoms with van der Waals surface area (Å²) in [5.74, 6) is -1.32. The van der Waals surface area contributed by atoms with Crippen molar-refractivity contribution in [3.63, 3.8) is 0 Å². The second-order valence-corrected chi connectivity index (χ2v) is 7.90. The highest BCUT2D eigenvalue weighted by Gasteiger charge is 2.44. The van der Waals surface area contributed by atoms with Crippen LogP contribution >= 0.6 is 0 Å². The Morgan fingerprint density at radius 3 is 2.43 bits per heavy atom. The SMILES string of the molecule is COC(=O)/C=C1\C[C@H](C(C)(C)C(=O)OC)O[C@@H]([C@H](C)OCc2ccccc2)CC1=O. The smallest absolute Gasteiger partial charge is 0.330 e. The molecule has 7 heteroatoms. The van der Waals surface area contributed by atoms with E-state index in [-0.39, 0.29) is 24.2 Å². The maximum Gasteiger partial charge on any atom is 0.330 e. The van der Waals surface area contributed by atoms with E-state index >= 15 is 0 Å². The lowest BCUT2D eigenvalue weighted by Crippen LogP contribution is -2.43. The van der Waals surface area contributed by atoms with Crippen LogP contribution in [0.4, 0.5) is 0 Å². The summed E-state index contributed by atoms with van der Waals surface area (Å²) in [4.78, 5) is 37.0. The van der Waals surface area contributed by atoms with Gasteiger partial charge >= 0.3 is 11.9 Å². The Morgan fingerprint density at radius 2 is 1.83 bits per heavy atom. The molecule has 0 saturated carbocycles. The van der Waals surface area contributed by atoms with E-state index in [0.717, 1.165) is 5.56 Å². The molecule has 0 bridgehead atoms. The first kappa shape index (κ1) is 23.8. The van der Waals surface area contributed by atoms with E-state index in [0.29, 0.717) is 6.61 Å². The molecule has 164 valence electrons. The summed E-state index contributed by atoms with van der Waals surface area (Å²) in [5, 5.41) is 0. The molecule has 0 aliphatic carbocycles. The normalized spacial score (nSPS) is 22.3. The first-order chi connectivity index (χ1) is 14.2. The van der Waals surface area contributed by atoms with Crippen molar-refractivity contribution >= 4 is 17.7 Å². The van der Waals surface area contributed by atoms with Crippen LogP contribution in [0.25, 0.3) is 0 Å². The summed E-state index contributed by atoms with van der Waals surface area (Å²) in [6.07, 6.45) is -0.379. The summed E-state index contributed by atoms with van der Waals surface area (Å²) in [6, 6.07) is 9.68. The number of Topliss-reactive ketones (excluding diaryl/α,β-unsaturated/α-hetero) is 1. The molecule has 1 aromatic carbocycles. The van der Waals surface area contributed by atoms with Gasteiger partial charge in [-0.3, -0.25) is 9.59 Å². The van der Waals surface area contributed by atoms with Gasteiger partial charge in [-0.2, -0.15) is 0 Å². The Labute approximate surface area is 177 Å². The van der Waals surface area contributed by atoms with Crippen LogP contribution in [0.15, 0.2) is 42.0 Å². The Hall–Kier alpha value is -2.51. The number of ketones is 1. The van der Waals surface area contributed by atoms with Gasteiger partial charge in [-0.1, -0.05) is 30.3 Å². The molecule has 0 spiro atoms. The lowest BCUT2D eigenvalue weighted by molar-refractivity contribution is -0.170. The van der Waals surface area contributed by atoms with Crippen molar-refractivity contribution in [2.75, 3.05) is 14.2 Å². The molecule has 30 heavy (non-hydrogen) atoms. The van der Waals surface area contributed by atoms with Crippen LogP contribution in [-0.4, -0.2) is 50.3 Å². The van der Waals surface area contributed by atoms with Gasteiger partial charge in [-0.25, -0.2) is 4.79 Å². The summed E-state index contributed by atoms with van der Waals surface area (Å²) in [5.41, 5.74) is 0.231. The molecule has 1 aliphatic heterocycles. The van der Waals surface area contributed by atoms with Crippen molar-refractivity contribution in [3.8, 4) is 0 Å². The van der Waals surface area contributed by atoms with E-state index in [4.69, 9.17) is 14.2 Å². The third-order valence-electron chi connectivity index (χ3n) is 5.38. The van der Waals surface area contributed by atoms with E-state index in [1.54, 1.807) is 13.8 Å². The zero-order valence-electron chi connectivity index (χ0n) is 18.2. The Bertz CT molecular complexity index is 782. The Morgan fingerprint density at radius 1 is 1.17 bits per heavy atom. The maximum absolute atomic E-state index is 12.8. The van der Waals surface area contributed by atoms with Crippen molar-refractivity contribution in [1.82, 2.24) is 0 Å². The third-order valence-corrected chi connectivity index (χ3v) is 5.38. The average molecular weight is 418 g/mol. The molecule has 0 radical (unpaired) electrons. The number of hydrogen-bond donors (Lipinski definition) is 0. The zero-order valence-corrected chi connectivity index (χ0v) is 18.2. The van der Waals surface area contributed by atoms with Gasteiger partial charge < -0.3 is 18.9 Å². The number of carbonyl (C=O) groups excluding carboxylic acids is 3. The van der Waals surface area contributed by atoms with Gasteiger partial charge in [0.25, 0.3) is 0 Å². The zero-order chi connectivity index (χ0) is 22.3. The van der Waals surface area contributed by atoms with Crippen molar-refractivity contribution < 1.29 is 33.3 Å². The molecule has 0 N–H and O–H groups in total. The highest BCUT2D eigenvalue weighted by atomic mass is 16.6. The lowest BCUT2D eigenvalue weighted by Gasteiger charge is -2.34. The second kappa shape index (κ2) is 10.5. The van der Waals surface area contributed by atoms with Gasteiger partial charge in [0.1, 0.15) is 0 Å². The summed E-state index contributed by atoms with van der Waals surface area (Å²) >= 11 is 0. The van der Waals surface area contributed by atoms with Gasteiger partial charge in [-0.15, -0.1) is 0 Å². The molecule has 0 amide bonds. The molecule has 1 fully saturated rings.